The summed E-state index contributed by atoms with van der Waals surface area (Å²) in [5.41, 5.74) is 1.61. The molecule has 0 aliphatic carbocycles. The summed E-state index contributed by atoms with van der Waals surface area (Å²) in [5, 5.41) is 14.0. The van der Waals surface area contributed by atoms with Gasteiger partial charge in [0.25, 0.3) is 11.6 Å². The number of anilines is 2. The number of methoxy groups -OCH3 is 1. The minimum absolute atomic E-state index is 0.101. The molecule has 0 saturated carbocycles. The van der Waals surface area contributed by atoms with Crippen molar-refractivity contribution in [1.29, 1.82) is 0 Å². The van der Waals surface area contributed by atoms with Crippen LogP contribution in [0.2, 0.25) is 0 Å². The first-order valence-corrected chi connectivity index (χ1v) is 8.68. The van der Waals surface area contributed by atoms with Crippen LogP contribution >= 0.6 is 0 Å². The maximum absolute atomic E-state index is 12.8. The third-order valence-corrected chi connectivity index (χ3v) is 4.70. The summed E-state index contributed by atoms with van der Waals surface area (Å²) >= 11 is 0. The fourth-order valence-corrected chi connectivity index (χ4v) is 3.25. The topological polar surface area (TPSA) is 88.0 Å². The van der Waals surface area contributed by atoms with E-state index in [2.05, 4.69) is 10.2 Å². The number of hydrogen-bond acceptors (Lipinski definition) is 6. The number of nitrogens with zero attached hydrogens (tertiary/aromatic N) is 3. The van der Waals surface area contributed by atoms with Crippen LogP contribution in [0.4, 0.5) is 17.1 Å². The number of piperazine rings is 1. The van der Waals surface area contributed by atoms with Gasteiger partial charge in [0.05, 0.1) is 17.7 Å². The molecule has 0 radical (unpaired) electrons. The van der Waals surface area contributed by atoms with Crippen molar-refractivity contribution < 1.29 is 14.5 Å². The smallest absolute Gasteiger partial charge is 0.293 e. The average Bonchev–Trinajstić information content (AvgIpc) is 2.72. The van der Waals surface area contributed by atoms with E-state index in [1.165, 1.54) is 6.07 Å². The Bertz CT molecular complexity index is 847. The van der Waals surface area contributed by atoms with Crippen molar-refractivity contribution in [2.24, 2.45) is 0 Å². The van der Waals surface area contributed by atoms with Gasteiger partial charge in [-0.3, -0.25) is 14.9 Å². The fraction of sp³-hybridized carbons (Fsp3) is 0.316. The van der Waals surface area contributed by atoms with Crippen LogP contribution in [0.25, 0.3) is 0 Å². The molecule has 2 aromatic rings. The Balaban J connectivity index is 1.72. The zero-order chi connectivity index (χ0) is 19.4. The molecule has 1 saturated heterocycles. The predicted octanol–water partition coefficient (Wildman–Crippen LogP) is 2.61. The second-order valence-electron chi connectivity index (χ2n) is 6.19. The van der Waals surface area contributed by atoms with E-state index in [1.54, 1.807) is 31.2 Å². The summed E-state index contributed by atoms with van der Waals surface area (Å²) in [4.78, 5) is 27.4. The second kappa shape index (κ2) is 7.94. The SMILES string of the molecule is CNc1ccc(C(=O)N2CCN(c3ccccc3OC)CC2)cc1[N+](=O)[O-]. The van der Waals surface area contributed by atoms with Crippen molar-refractivity contribution in [1.82, 2.24) is 4.90 Å². The van der Waals surface area contributed by atoms with E-state index >= 15 is 0 Å². The predicted molar refractivity (Wildman–Crippen MR) is 104 cm³/mol. The molecular weight excluding hydrogens is 348 g/mol. The molecule has 2 aromatic carbocycles. The molecule has 8 nitrogen and oxygen atoms in total. The van der Waals surface area contributed by atoms with Gasteiger partial charge in [0.2, 0.25) is 0 Å². The van der Waals surface area contributed by atoms with E-state index in [1.807, 2.05) is 24.3 Å². The standard InChI is InChI=1S/C19H22N4O4/c1-20-15-8-7-14(13-17(15)23(25)26)19(24)22-11-9-21(10-12-22)16-5-3-4-6-18(16)27-2/h3-8,13,20H,9-12H2,1-2H3. The molecule has 8 heteroatoms. The Morgan fingerprint density at radius 3 is 2.48 bits per heavy atom. The van der Waals surface area contributed by atoms with E-state index in [-0.39, 0.29) is 11.6 Å². The minimum Gasteiger partial charge on any atom is -0.495 e. The van der Waals surface area contributed by atoms with Crippen molar-refractivity contribution in [3.05, 3.63) is 58.1 Å². The van der Waals surface area contributed by atoms with Crippen molar-refractivity contribution in [2.45, 2.75) is 0 Å². The maximum Gasteiger partial charge on any atom is 0.293 e. The van der Waals surface area contributed by atoms with Gasteiger partial charge >= 0.3 is 0 Å². The Morgan fingerprint density at radius 2 is 1.85 bits per heavy atom. The van der Waals surface area contributed by atoms with Crippen LogP contribution < -0.4 is 15.0 Å². The molecule has 1 aliphatic rings. The summed E-state index contributed by atoms with van der Waals surface area (Å²) in [5.74, 6) is 0.607. The van der Waals surface area contributed by atoms with Crippen LogP contribution in [-0.4, -0.2) is 56.1 Å². The molecule has 0 atom stereocenters. The van der Waals surface area contributed by atoms with Gasteiger partial charge in [0, 0.05) is 44.9 Å². The van der Waals surface area contributed by atoms with Crippen molar-refractivity contribution >= 4 is 23.0 Å². The van der Waals surface area contributed by atoms with Crippen LogP contribution in [0, 0.1) is 10.1 Å². The Morgan fingerprint density at radius 1 is 1.15 bits per heavy atom. The summed E-state index contributed by atoms with van der Waals surface area (Å²) < 4.78 is 5.41. The molecule has 0 bridgehead atoms. The van der Waals surface area contributed by atoms with E-state index in [0.29, 0.717) is 37.4 Å². The lowest BCUT2D eigenvalue weighted by atomic mass is 10.1. The third kappa shape index (κ3) is 3.79. The third-order valence-electron chi connectivity index (χ3n) is 4.70. The summed E-state index contributed by atoms with van der Waals surface area (Å²) in [6.45, 7) is 2.42. The highest BCUT2D eigenvalue weighted by Crippen LogP contribution is 2.29. The lowest BCUT2D eigenvalue weighted by molar-refractivity contribution is -0.384. The Hall–Kier alpha value is -3.29. The first kappa shape index (κ1) is 18.5. The minimum atomic E-state index is -0.484. The molecular formula is C19H22N4O4. The number of rotatable bonds is 5. The molecule has 1 fully saturated rings. The van der Waals surface area contributed by atoms with Gasteiger partial charge in [0.15, 0.2) is 0 Å². The van der Waals surface area contributed by atoms with Gasteiger partial charge < -0.3 is 19.9 Å². The first-order valence-electron chi connectivity index (χ1n) is 8.68. The summed E-state index contributed by atoms with van der Waals surface area (Å²) in [7, 11) is 3.25. The van der Waals surface area contributed by atoms with Gasteiger partial charge in [-0.25, -0.2) is 0 Å². The van der Waals surface area contributed by atoms with Crippen LogP contribution in [0.3, 0.4) is 0 Å². The zero-order valence-corrected chi connectivity index (χ0v) is 15.3. The van der Waals surface area contributed by atoms with Gasteiger partial charge in [-0.1, -0.05) is 12.1 Å². The van der Waals surface area contributed by atoms with Gasteiger partial charge in [-0.05, 0) is 24.3 Å². The van der Waals surface area contributed by atoms with Gasteiger partial charge in [0.1, 0.15) is 11.4 Å². The number of nitro benzene ring substituents is 1. The van der Waals surface area contributed by atoms with E-state index in [4.69, 9.17) is 4.74 Å². The molecule has 142 valence electrons. The highest BCUT2D eigenvalue weighted by atomic mass is 16.6. The molecule has 3 rings (SSSR count). The van der Waals surface area contributed by atoms with Crippen LogP contribution in [0.1, 0.15) is 10.4 Å². The number of nitro groups is 1. The molecule has 1 aliphatic heterocycles. The van der Waals surface area contributed by atoms with Crippen LogP contribution in [-0.2, 0) is 0 Å². The lowest BCUT2D eigenvalue weighted by Crippen LogP contribution is -2.48. The fourth-order valence-electron chi connectivity index (χ4n) is 3.25. The molecule has 1 heterocycles. The Kier molecular flexibility index (Phi) is 5.44. The average molecular weight is 370 g/mol. The number of nitrogens with one attached hydrogen (secondary N) is 1. The lowest BCUT2D eigenvalue weighted by Gasteiger charge is -2.36. The first-order chi connectivity index (χ1) is 13.0. The molecule has 0 unspecified atom stereocenters. The summed E-state index contributed by atoms with van der Waals surface area (Å²) in [6.07, 6.45) is 0. The summed E-state index contributed by atoms with van der Waals surface area (Å²) in [6, 6.07) is 12.3. The molecule has 0 spiro atoms. The highest BCUT2D eigenvalue weighted by Gasteiger charge is 2.25. The maximum atomic E-state index is 12.8. The monoisotopic (exact) mass is 370 g/mol. The number of carbonyl (C=O) groups excluding carboxylic acids is 1. The van der Waals surface area contributed by atoms with Crippen molar-refractivity contribution in [2.75, 3.05) is 50.6 Å². The van der Waals surface area contributed by atoms with E-state index < -0.39 is 4.92 Å². The molecule has 27 heavy (non-hydrogen) atoms. The van der Waals surface area contributed by atoms with Crippen LogP contribution in [0.5, 0.6) is 5.75 Å². The molecule has 1 N–H and O–H groups in total. The van der Waals surface area contributed by atoms with E-state index in [0.717, 1.165) is 11.4 Å². The van der Waals surface area contributed by atoms with Gasteiger partial charge in [-0.15, -0.1) is 0 Å². The number of benzene rings is 2. The second-order valence-corrected chi connectivity index (χ2v) is 6.19. The molecule has 1 amide bonds. The van der Waals surface area contributed by atoms with Crippen LogP contribution in [0.15, 0.2) is 42.5 Å². The largest absolute Gasteiger partial charge is 0.495 e. The van der Waals surface area contributed by atoms with Gasteiger partial charge in [-0.2, -0.15) is 0 Å². The normalized spacial score (nSPS) is 14.0. The number of carbonyl (C=O) groups is 1. The zero-order valence-electron chi connectivity index (χ0n) is 15.3. The van der Waals surface area contributed by atoms with Crippen molar-refractivity contribution in [3.63, 3.8) is 0 Å². The number of hydrogen-bond donors (Lipinski definition) is 1. The number of amides is 1. The molecule has 0 aromatic heterocycles. The van der Waals surface area contributed by atoms with E-state index in [9.17, 15) is 14.9 Å². The Labute approximate surface area is 157 Å². The quantitative estimate of drug-likeness (QED) is 0.643. The van der Waals surface area contributed by atoms with Crippen molar-refractivity contribution in [3.8, 4) is 5.75 Å². The number of ether oxygens (including phenoxy) is 1. The number of para-hydroxylation sites is 2. The highest BCUT2D eigenvalue weighted by molar-refractivity contribution is 5.96.